The fraction of sp³-hybridized carbons (Fsp3) is 0.538. The first kappa shape index (κ1) is 14.3. The summed E-state index contributed by atoms with van der Waals surface area (Å²) in [5, 5.41) is 0. The fourth-order valence-corrected chi connectivity index (χ4v) is 2.81. The van der Waals surface area contributed by atoms with Crippen molar-refractivity contribution in [2.45, 2.75) is 19.9 Å². The van der Waals surface area contributed by atoms with Gasteiger partial charge in [0.2, 0.25) is 5.91 Å². The third-order valence-corrected chi connectivity index (χ3v) is 4.02. The third kappa shape index (κ3) is 3.25. The molecule has 1 fully saturated rings. The van der Waals surface area contributed by atoms with Crippen LogP contribution in [0.3, 0.4) is 0 Å². The molecular weight excluding hydrogens is 308 g/mol. The number of carbonyl (C=O) groups is 1. The Bertz CT molecular complexity index is 472. The molecule has 1 aliphatic rings. The van der Waals surface area contributed by atoms with Gasteiger partial charge in [0, 0.05) is 36.8 Å². The number of amides is 1. The lowest BCUT2D eigenvalue weighted by Crippen LogP contribution is -2.53. The molecule has 1 aromatic rings. The molecule has 1 aliphatic heterocycles. The molecule has 1 atom stereocenters. The largest absolute Gasteiger partial charge is 0.368 e. The summed E-state index contributed by atoms with van der Waals surface area (Å²) >= 11 is 3.42. The van der Waals surface area contributed by atoms with E-state index in [1.165, 1.54) is 0 Å². The van der Waals surface area contributed by atoms with Crippen molar-refractivity contribution in [3.63, 3.8) is 0 Å². The van der Waals surface area contributed by atoms with Crippen molar-refractivity contribution in [2.24, 2.45) is 5.73 Å². The Labute approximate surface area is 121 Å². The van der Waals surface area contributed by atoms with Crippen molar-refractivity contribution < 1.29 is 4.79 Å². The molecule has 1 saturated heterocycles. The first-order valence-corrected chi connectivity index (χ1v) is 7.19. The average molecular weight is 327 g/mol. The van der Waals surface area contributed by atoms with Crippen LogP contribution in [0.25, 0.3) is 0 Å². The van der Waals surface area contributed by atoms with Gasteiger partial charge in [-0.15, -0.1) is 0 Å². The monoisotopic (exact) mass is 326 g/mol. The number of anilines is 1. The Morgan fingerprint density at radius 1 is 1.42 bits per heavy atom. The van der Waals surface area contributed by atoms with Crippen molar-refractivity contribution in [3.8, 4) is 0 Å². The molecule has 5 nitrogen and oxygen atoms in total. The Balaban J connectivity index is 2.02. The van der Waals surface area contributed by atoms with E-state index in [0.29, 0.717) is 0 Å². The Morgan fingerprint density at radius 2 is 2.05 bits per heavy atom. The molecule has 1 aromatic heterocycles. The highest BCUT2D eigenvalue weighted by Crippen LogP contribution is 2.22. The van der Waals surface area contributed by atoms with Gasteiger partial charge in [-0.25, -0.2) is 4.98 Å². The van der Waals surface area contributed by atoms with Crippen molar-refractivity contribution in [1.82, 2.24) is 9.88 Å². The zero-order valence-corrected chi connectivity index (χ0v) is 12.9. The maximum absolute atomic E-state index is 11.2. The molecule has 0 aromatic carbocycles. The summed E-state index contributed by atoms with van der Waals surface area (Å²) in [5.41, 5.74) is 6.50. The lowest BCUT2D eigenvalue weighted by molar-refractivity contribution is -0.122. The van der Waals surface area contributed by atoms with E-state index >= 15 is 0 Å². The molecule has 1 unspecified atom stereocenters. The highest BCUT2D eigenvalue weighted by atomic mass is 79.9. The van der Waals surface area contributed by atoms with Gasteiger partial charge in [-0.1, -0.05) is 0 Å². The first-order chi connectivity index (χ1) is 8.99. The van der Waals surface area contributed by atoms with Crippen LogP contribution in [0.5, 0.6) is 0 Å². The van der Waals surface area contributed by atoms with Gasteiger partial charge < -0.3 is 10.6 Å². The molecule has 1 amide bonds. The molecule has 104 valence electrons. The van der Waals surface area contributed by atoms with Crippen molar-refractivity contribution >= 4 is 27.7 Å². The van der Waals surface area contributed by atoms with Gasteiger partial charge in [-0.2, -0.15) is 0 Å². The van der Waals surface area contributed by atoms with E-state index in [2.05, 4.69) is 43.7 Å². The van der Waals surface area contributed by atoms with Gasteiger partial charge in [-0.3, -0.25) is 9.69 Å². The van der Waals surface area contributed by atoms with Gasteiger partial charge in [0.1, 0.15) is 5.82 Å². The summed E-state index contributed by atoms with van der Waals surface area (Å²) in [6, 6.07) is 1.88. The van der Waals surface area contributed by atoms with E-state index < -0.39 is 0 Å². The van der Waals surface area contributed by atoms with Crippen LogP contribution in [0.15, 0.2) is 16.7 Å². The highest BCUT2D eigenvalue weighted by Gasteiger charge is 2.25. The van der Waals surface area contributed by atoms with Crippen LogP contribution >= 0.6 is 15.9 Å². The van der Waals surface area contributed by atoms with Crippen LogP contribution in [-0.2, 0) is 4.79 Å². The molecule has 0 spiro atoms. The number of hydrogen-bond acceptors (Lipinski definition) is 4. The van der Waals surface area contributed by atoms with Crippen LogP contribution in [0.4, 0.5) is 5.82 Å². The second kappa shape index (κ2) is 5.88. The van der Waals surface area contributed by atoms with Crippen LogP contribution in [-0.4, -0.2) is 48.0 Å². The molecule has 0 aliphatic carbocycles. The molecule has 2 rings (SSSR count). The van der Waals surface area contributed by atoms with Crippen molar-refractivity contribution in [2.75, 3.05) is 31.1 Å². The highest BCUT2D eigenvalue weighted by molar-refractivity contribution is 9.10. The zero-order chi connectivity index (χ0) is 14.0. The summed E-state index contributed by atoms with van der Waals surface area (Å²) in [4.78, 5) is 20.0. The van der Waals surface area contributed by atoms with Gasteiger partial charge >= 0.3 is 0 Å². The van der Waals surface area contributed by atoms with Gasteiger partial charge in [0.15, 0.2) is 0 Å². The number of primary amides is 1. The lowest BCUT2D eigenvalue weighted by Gasteiger charge is -2.38. The minimum Gasteiger partial charge on any atom is -0.368 e. The molecule has 0 bridgehead atoms. The van der Waals surface area contributed by atoms with Gasteiger partial charge in [-0.05, 0) is 41.4 Å². The van der Waals surface area contributed by atoms with Crippen LogP contribution in [0, 0.1) is 6.92 Å². The Hall–Kier alpha value is -1.14. The summed E-state index contributed by atoms with van der Waals surface area (Å²) in [6.45, 7) is 7.33. The molecule has 0 saturated carbocycles. The fourth-order valence-electron chi connectivity index (χ4n) is 2.37. The number of nitrogens with zero attached hydrogens (tertiary/aromatic N) is 3. The molecule has 0 radical (unpaired) electrons. The Morgan fingerprint density at radius 3 is 2.58 bits per heavy atom. The minimum absolute atomic E-state index is 0.193. The number of aromatic nitrogens is 1. The van der Waals surface area contributed by atoms with Crippen LogP contribution in [0.1, 0.15) is 12.5 Å². The summed E-state index contributed by atoms with van der Waals surface area (Å²) < 4.78 is 0.995. The quantitative estimate of drug-likeness (QED) is 0.905. The van der Waals surface area contributed by atoms with E-state index in [9.17, 15) is 4.79 Å². The normalized spacial score (nSPS) is 18.4. The molecule has 2 heterocycles. The minimum atomic E-state index is -0.258. The average Bonchev–Trinajstić information content (AvgIpc) is 2.38. The van der Waals surface area contributed by atoms with Gasteiger partial charge in [0.25, 0.3) is 0 Å². The Kier molecular flexibility index (Phi) is 4.42. The number of pyridine rings is 1. The van der Waals surface area contributed by atoms with Crippen LogP contribution < -0.4 is 10.6 Å². The number of aryl methyl sites for hydroxylation is 1. The molecular formula is C13H19BrN4O. The van der Waals surface area contributed by atoms with E-state index in [1.54, 1.807) is 0 Å². The smallest absolute Gasteiger partial charge is 0.234 e. The second-order valence-electron chi connectivity index (χ2n) is 4.90. The predicted octanol–water partition coefficient (Wildman–Crippen LogP) is 1.15. The lowest BCUT2D eigenvalue weighted by atomic mass is 10.2. The topological polar surface area (TPSA) is 62.5 Å². The summed E-state index contributed by atoms with van der Waals surface area (Å²) in [6.07, 6.45) is 1.82. The standard InChI is InChI=1S/C13H19BrN4O/c1-9-7-11(14)8-16-13(9)18-5-3-17(4-6-18)10(2)12(15)19/h7-8,10H,3-6H2,1-2H3,(H2,15,19). The first-order valence-electron chi connectivity index (χ1n) is 6.39. The summed E-state index contributed by atoms with van der Waals surface area (Å²) in [5.74, 6) is 0.765. The number of rotatable bonds is 3. The molecule has 6 heteroatoms. The number of piperazine rings is 1. The summed E-state index contributed by atoms with van der Waals surface area (Å²) in [7, 11) is 0. The SMILES string of the molecule is Cc1cc(Br)cnc1N1CCN(C(C)C(N)=O)CC1. The van der Waals surface area contributed by atoms with E-state index in [1.807, 2.05) is 13.1 Å². The second-order valence-corrected chi connectivity index (χ2v) is 5.81. The van der Waals surface area contributed by atoms with Crippen LogP contribution in [0.2, 0.25) is 0 Å². The van der Waals surface area contributed by atoms with E-state index in [-0.39, 0.29) is 11.9 Å². The number of hydrogen-bond donors (Lipinski definition) is 1. The van der Waals surface area contributed by atoms with Crippen molar-refractivity contribution in [1.29, 1.82) is 0 Å². The van der Waals surface area contributed by atoms with E-state index in [4.69, 9.17) is 5.73 Å². The van der Waals surface area contributed by atoms with Gasteiger partial charge in [0.05, 0.1) is 6.04 Å². The van der Waals surface area contributed by atoms with Crippen molar-refractivity contribution in [3.05, 3.63) is 22.3 Å². The predicted molar refractivity (Wildman–Crippen MR) is 79.1 cm³/mol. The zero-order valence-electron chi connectivity index (χ0n) is 11.3. The molecule has 19 heavy (non-hydrogen) atoms. The van der Waals surface area contributed by atoms with E-state index in [0.717, 1.165) is 42.0 Å². The number of halogens is 1. The molecule has 2 N–H and O–H groups in total. The maximum atomic E-state index is 11.2. The number of carbonyl (C=O) groups excluding carboxylic acids is 1. The maximum Gasteiger partial charge on any atom is 0.234 e. The number of nitrogens with two attached hydrogens (primary N) is 1. The third-order valence-electron chi connectivity index (χ3n) is 3.59.